The Labute approximate surface area is 82.4 Å². The molecule has 1 aromatic rings. The minimum atomic E-state index is 0.112. The monoisotopic (exact) mass is 204 g/mol. The second-order valence-corrected chi connectivity index (χ2v) is 3.39. The lowest BCUT2D eigenvalue weighted by Crippen LogP contribution is -1.83. The summed E-state index contributed by atoms with van der Waals surface area (Å²) in [6.45, 7) is 5.56. The summed E-state index contributed by atoms with van der Waals surface area (Å²) in [5.41, 5.74) is 0. The lowest BCUT2D eigenvalue weighted by atomic mass is 10.3. The van der Waals surface area contributed by atoms with Crippen molar-refractivity contribution in [3.05, 3.63) is 21.9 Å². The number of Topliss-reactive ketones (excluding diaryl/α,β-unsaturated/α-hetero) is 1. The molecule has 68 valence electrons. The quantitative estimate of drug-likeness (QED) is 0.530. The van der Waals surface area contributed by atoms with Gasteiger partial charge in [-0.05, 0) is 19.1 Å². The minimum Gasteiger partial charge on any atom is -0.294 e. The van der Waals surface area contributed by atoms with Crippen LogP contribution < -0.4 is 0 Å². The Bertz CT molecular complexity index is 242. The highest BCUT2D eigenvalue weighted by Gasteiger charge is 2.01. The molecule has 1 nitrogen and oxygen atoms in total. The van der Waals surface area contributed by atoms with Crippen LogP contribution in [0.4, 0.5) is 0 Å². The zero-order valence-electron chi connectivity index (χ0n) is 7.56. The summed E-state index contributed by atoms with van der Waals surface area (Å²) in [5.74, 6) is 0.610. The average Bonchev–Trinajstić information content (AvgIpc) is 2.55. The van der Waals surface area contributed by atoms with Gasteiger partial charge in [0.1, 0.15) is 0 Å². The van der Waals surface area contributed by atoms with Crippen molar-refractivity contribution >= 4 is 28.7 Å². The van der Waals surface area contributed by atoms with Crippen LogP contribution >= 0.6 is 22.9 Å². The van der Waals surface area contributed by atoms with E-state index in [4.69, 9.17) is 11.6 Å². The molecule has 0 atom stereocenters. The number of hydrogen-bond donors (Lipinski definition) is 0. The van der Waals surface area contributed by atoms with Crippen LogP contribution in [0.5, 0.6) is 0 Å². The molecule has 0 fully saturated rings. The molecule has 0 saturated heterocycles. The van der Waals surface area contributed by atoms with Crippen LogP contribution in [0.1, 0.15) is 35.3 Å². The third-order valence-electron chi connectivity index (χ3n) is 1.14. The van der Waals surface area contributed by atoms with Crippen molar-refractivity contribution in [3.63, 3.8) is 0 Å². The van der Waals surface area contributed by atoms with E-state index in [9.17, 15) is 4.79 Å². The molecule has 0 radical (unpaired) electrons. The van der Waals surface area contributed by atoms with Crippen LogP contribution in [-0.4, -0.2) is 5.78 Å². The fraction of sp³-hybridized carbons (Fsp3) is 0.444. The molecule has 0 amide bonds. The fourth-order valence-corrected chi connectivity index (χ4v) is 1.64. The minimum absolute atomic E-state index is 0.112. The zero-order chi connectivity index (χ0) is 9.56. The molecule has 0 aliphatic carbocycles. The molecule has 1 heterocycles. The Morgan fingerprint density at radius 2 is 2.08 bits per heavy atom. The molecule has 0 aliphatic heterocycles. The summed E-state index contributed by atoms with van der Waals surface area (Å²) >= 11 is 7.00. The normalized spacial score (nSPS) is 8.67. The first kappa shape index (κ1) is 11.7. The molecular formula is C9H13ClOS. The van der Waals surface area contributed by atoms with Crippen LogP contribution in [0, 0.1) is 0 Å². The molecule has 0 aliphatic rings. The second-order valence-electron chi connectivity index (χ2n) is 1.96. The lowest BCUT2D eigenvalue weighted by Gasteiger charge is -1.83. The van der Waals surface area contributed by atoms with Crippen molar-refractivity contribution < 1.29 is 4.79 Å². The lowest BCUT2D eigenvalue weighted by molar-refractivity contribution is 0.102. The highest BCUT2D eigenvalue weighted by molar-refractivity contribution is 7.14. The smallest absolute Gasteiger partial charge is 0.169 e. The summed E-state index contributed by atoms with van der Waals surface area (Å²) in [5, 5.41) is 0. The van der Waals surface area contributed by atoms with Crippen LogP contribution in [0.2, 0.25) is 0 Å². The summed E-state index contributed by atoms with van der Waals surface area (Å²) in [6, 6.07) is 3.69. The summed E-state index contributed by atoms with van der Waals surface area (Å²) in [4.78, 5) is 12.6. The Morgan fingerprint density at radius 1 is 1.50 bits per heavy atom. The standard InChI is InChI=1S/C7H7ClOS.C2H6/c1-5(9)7-3-2-6(4-8)10-7;1-2/h2-3H,4H2,1H3;1-2H3. The van der Waals surface area contributed by atoms with E-state index in [1.807, 2.05) is 26.0 Å². The molecule has 0 bridgehead atoms. The van der Waals surface area contributed by atoms with E-state index in [2.05, 4.69) is 0 Å². The predicted molar refractivity (Wildman–Crippen MR) is 55.2 cm³/mol. The van der Waals surface area contributed by atoms with Gasteiger partial charge < -0.3 is 0 Å². The first-order valence-electron chi connectivity index (χ1n) is 3.89. The van der Waals surface area contributed by atoms with Gasteiger partial charge in [-0.3, -0.25) is 4.79 Å². The van der Waals surface area contributed by atoms with Gasteiger partial charge in [-0.1, -0.05) is 13.8 Å². The first-order valence-corrected chi connectivity index (χ1v) is 5.24. The van der Waals surface area contributed by atoms with E-state index < -0.39 is 0 Å². The maximum atomic E-state index is 10.7. The van der Waals surface area contributed by atoms with Gasteiger partial charge in [0.15, 0.2) is 5.78 Å². The third-order valence-corrected chi connectivity index (χ3v) is 2.77. The summed E-state index contributed by atoms with van der Waals surface area (Å²) in [7, 11) is 0. The SMILES string of the molecule is CC.CC(=O)c1ccc(CCl)s1. The van der Waals surface area contributed by atoms with Gasteiger partial charge in [0.05, 0.1) is 10.8 Å². The van der Waals surface area contributed by atoms with Gasteiger partial charge in [0.25, 0.3) is 0 Å². The number of hydrogen-bond acceptors (Lipinski definition) is 2. The van der Waals surface area contributed by atoms with Crippen LogP contribution in [-0.2, 0) is 5.88 Å². The zero-order valence-corrected chi connectivity index (χ0v) is 9.13. The number of halogens is 1. The average molecular weight is 205 g/mol. The van der Waals surface area contributed by atoms with Crippen molar-refractivity contribution in [1.82, 2.24) is 0 Å². The van der Waals surface area contributed by atoms with E-state index in [-0.39, 0.29) is 5.78 Å². The third kappa shape index (κ3) is 3.37. The molecule has 0 unspecified atom stereocenters. The molecule has 0 N–H and O–H groups in total. The highest BCUT2D eigenvalue weighted by Crippen LogP contribution is 2.18. The van der Waals surface area contributed by atoms with E-state index in [0.717, 1.165) is 9.75 Å². The Hall–Kier alpha value is -0.340. The summed E-state index contributed by atoms with van der Waals surface area (Å²) < 4.78 is 0. The number of rotatable bonds is 2. The van der Waals surface area contributed by atoms with Gasteiger partial charge in [-0.25, -0.2) is 0 Å². The largest absolute Gasteiger partial charge is 0.294 e. The summed E-state index contributed by atoms with van der Waals surface area (Å²) in [6.07, 6.45) is 0. The van der Waals surface area contributed by atoms with Crippen molar-refractivity contribution in [2.75, 3.05) is 0 Å². The Balaban J connectivity index is 0.000000561. The van der Waals surface area contributed by atoms with Crippen LogP contribution in [0.15, 0.2) is 12.1 Å². The van der Waals surface area contributed by atoms with E-state index >= 15 is 0 Å². The highest BCUT2D eigenvalue weighted by atomic mass is 35.5. The first-order chi connectivity index (χ1) is 5.74. The number of alkyl halides is 1. The van der Waals surface area contributed by atoms with E-state index in [0.29, 0.717) is 5.88 Å². The molecule has 1 aromatic heterocycles. The van der Waals surface area contributed by atoms with Gasteiger partial charge in [0, 0.05) is 4.88 Å². The topological polar surface area (TPSA) is 17.1 Å². The Morgan fingerprint density at radius 3 is 2.33 bits per heavy atom. The number of ketones is 1. The fourth-order valence-electron chi connectivity index (χ4n) is 0.639. The van der Waals surface area contributed by atoms with Gasteiger partial charge >= 0.3 is 0 Å². The molecule has 1 rings (SSSR count). The van der Waals surface area contributed by atoms with Gasteiger partial charge in [-0.2, -0.15) is 0 Å². The van der Waals surface area contributed by atoms with E-state index in [1.165, 1.54) is 11.3 Å². The molecule has 0 saturated carbocycles. The maximum Gasteiger partial charge on any atom is 0.169 e. The van der Waals surface area contributed by atoms with Gasteiger partial charge in [-0.15, -0.1) is 22.9 Å². The molecule has 12 heavy (non-hydrogen) atoms. The van der Waals surface area contributed by atoms with Gasteiger partial charge in [0.2, 0.25) is 0 Å². The molecule has 3 heteroatoms. The molecule has 0 aromatic carbocycles. The maximum absolute atomic E-state index is 10.7. The molecule has 0 spiro atoms. The van der Waals surface area contributed by atoms with Crippen LogP contribution in [0.3, 0.4) is 0 Å². The Kier molecular flexibility index (Phi) is 6.03. The predicted octanol–water partition coefficient (Wildman–Crippen LogP) is 3.72. The second kappa shape index (κ2) is 6.21. The van der Waals surface area contributed by atoms with Crippen molar-refractivity contribution in [2.45, 2.75) is 26.7 Å². The van der Waals surface area contributed by atoms with E-state index in [1.54, 1.807) is 6.92 Å². The number of carbonyl (C=O) groups is 1. The number of carbonyl (C=O) groups excluding carboxylic acids is 1. The number of thiophene rings is 1. The van der Waals surface area contributed by atoms with Crippen molar-refractivity contribution in [2.24, 2.45) is 0 Å². The van der Waals surface area contributed by atoms with Crippen molar-refractivity contribution in [1.29, 1.82) is 0 Å². The van der Waals surface area contributed by atoms with Crippen molar-refractivity contribution in [3.8, 4) is 0 Å². The molecular weight excluding hydrogens is 192 g/mol. The van der Waals surface area contributed by atoms with Crippen LogP contribution in [0.25, 0.3) is 0 Å².